The van der Waals surface area contributed by atoms with Gasteiger partial charge in [0, 0.05) is 49.4 Å². The molecule has 0 aliphatic carbocycles. The molecule has 1 heterocycles. The molecule has 0 aromatic heterocycles. The summed E-state index contributed by atoms with van der Waals surface area (Å²) < 4.78 is 0. The molecule has 6 nitrogen and oxygen atoms in total. The topological polar surface area (TPSA) is 81.1 Å². The molecular weight excluding hydrogens is 332 g/mol. The maximum Gasteiger partial charge on any atom is 0.328 e. The number of rotatable bonds is 4. The van der Waals surface area contributed by atoms with Gasteiger partial charge in [-0.2, -0.15) is 0 Å². The first kappa shape index (κ1) is 19.5. The summed E-state index contributed by atoms with van der Waals surface area (Å²) >= 11 is 0. The van der Waals surface area contributed by atoms with Gasteiger partial charge in [-0.25, -0.2) is 9.59 Å². The van der Waals surface area contributed by atoms with E-state index in [1.807, 2.05) is 0 Å². The summed E-state index contributed by atoms with van der Waals surface area (Å²) in [6, 6.07) is 15.3. The quantitative estimate of drug-likeness (QED) is 0.820. The number of piperazine rings is 1. The van der Waals surface area contributed by atoms with E-state index in [1.54, 1.807) is 0 Å². The molecule has 0 amide bonds. The zero-order valence-electron chi connectivity index (χ0n) is 14.8. The van der Waals surface area contributed by atoms with Gasteiger partial charge in [0.2, 0.25) is 0 Å². The summed E-state index contributed by atoms with van der Waals surface area (Å²) in [7, 11) is 0. The molecule has 1 aliphatic rings. The second kappa shape index (κ2) is 9.58. The number of anilines is 1. The van der Waals surface area contributed by atoms with Crippen molar-refractivity contribution in [2.45, 2.75) is 6.92 Å². The second-order valence-electron chi connectivity index (χ2n) is 5.93. The van der Waals surface area contributed by atoms with Crippen molar-refractivity contribution in [3.63, 3.8) is 0 Å². The normalized spacial score (nSPS) is 14.9. The number of fused-ring (bicyclic) bond motifs is 1. The van der Waals surface area contributed by atoms with Crippen molar-refractivity contribution >= 4 is 28.4 Å². The van der Waals surface area contributed by atoms with Gasteiger partial charge in [0.1, 0.15) is 0 Å². The number of carboxylic acid groups (broad SMARTS) is 2. The van der Waals surface area contributed by atoms with Crippen molar-refractivity contribution in [2.75, 3.05) is 37.6 Å². The summed E-state index contributed by atoms with van der Waals surface area (Å²) in [6.07, 6.45) is 1.12. The zero-order chi connectivity index (χ0) is 18.9. The molecule has 0 saturated carbocycles. The Labute approximate surface area is 153 Å². The van der Waals surface area contributed by atoms with Crippen LogP contribution >= 0.6 is 0 Å². The molecule has 26 heavy (non-hydrogen) atoms. The van der Waals surface area contributed by atoms with E-state index in [4.69, 9.17) is 10.2 Å². The van der Waals surface area contributed by atoms with E-state index in [-0.39, 0.29) is 0 Å². The lowest BCUT2D eigenvalue weighted by Gasteiger charge is -2.36. The van der Waals surface area contributed by atoms with E-state index in [2.05, 4.69) is 59.2 Å². The minimum atomic E-state index is -1.26. The van der Waals surface area contributed by atoms with Crippen molar-refractivity contribution in [3.05, 3.63) is 54.6 Å². The van der Waals surface area contributed by atoms with Gasteiger partial charge >= 0.3 is 11.9 Å². The summed E-state index contributed by atoms with van der Waals surface area (Å²) in [5, 5.41) is 18.3. The predicted octanol–water partition coefficient (Wildman–Crippen LogP) is 2.69. The third-order valence-electron chi connectivity index (χ3n) is 4.30. The van der Waals surface area contributed by atoms with Gasteiger partial charge in [0.25, 0.3) is 0 Å². The Kier molecular flexibility index (Phi) is 7.17. The molecule has 6 heteroatoms. The van der Waals surface area contributed by atoms with Gasteiger partial charge < -0.3 is 20.0 Å². The molecule has 3 rings (SSSR count). The lowest BCUT2D eigenvalue weighted by molar-refractivity contribution is -0.134. The van der Waals surface area contributed by atoms with Crippen LogP contribution in [0.15, 0.2) is 54.6 Å². The number of hydrogen-bond acceptors (Lipinski definition) is 4. The highest BCUT2D eigenvalue weighted by atomic mass is 16.4. The second-order valence-corrected chi connectivity index (χ2v) is 5.93. The first-order chi connectivity index (χ1) is 12.5. The first-order valence-electron chi connectivity index (χ1n) is 8.60. The number of hydrogen-bond donors (Lipinski definition) is 2. The lowest BCUT2D eigenvalue weighted by Crippen LogP contribution is -2.46. The van der Waals surface area contributed by atoms with Crippen LogP contribution in [0.5, 0.6) is 0 Å². The largest absolute Gasteiger partial charge is 0.478 e. The molecule has 2 aromatic rings. The average molecular weight is 356 g/mol. The Morgan fingerprint density at radius 1 is 0.923 bits per heavy atom. The summed E-state index contributed by atoms with van der Waals surface area (Å²) in [5.41, 5.74) is 1.39. The molecule has 2 aromatic carbocycles. The lowest BCUT2D eigenvalue weighted by atomic mass is 10.1. The van der Waals surface area contributed by atoms with Gasteiger partial charge in [-0.1, -0.05) is 43.3 Å². The Morgan fingerprint density at radius 2 is 1.50 bits per heavy atom. The molecule has 2 N–H and O–H groups in total. The minimum Gasteiger partial charge on any atom is -0.478 e. The van der Waals surface area contributed by atoms with Crippen LogP contribution < -0.4 is 4.90 Å². The van der Waals surface area contributed by atoms with Crippen LogP contribution in [-0.2, 0) is 9.59 Å². The van der Waals surface area contributed by atoms with E-state index in [9.17, 15) is 9.59 Å². The molecule has 0 atom stereocenters. The Bertz CT molecular complexity index is 759. The van der Waals surface area contributed by atoms with Gasteiger partial charge in [-0.15, -0.1) is 0 Å². The van der Waals surface area contributed by atoms with Crippen LogP contribution in [0.4, 0.5) is 5.69 Å². The fourth-order valence-corrected chi connectivity index (χ4v) is 2.93. The molecule has 0 spiro atoms. The molecule has 0 radical (unpaired) electrons. The number of aliphatic carboxylic acids is 2. The van der Waals surface area contributed by atoms with Gasteiger partial charge in [-0.05, 0) is 18.0 Å². The van der Waals surface area contributed by atoms with Crippen LogP contribution in [0.25, 0.3) is 10.8 Å². The molecule has 1 aliphatic heterocycles. The zero-order valence-corrected chi connectivity index (χ0v) is 14.8. The van der Waals surface area contributed by atoms with E-state index in [0.29, 0.717) is 12.2 Å². The van der Waals surface area contributed by atoms with E-state index in [0.717, 1.165) is 13.1 Å². The van der Waals surface area contributed by atoms with Crippen molar-refractivity contribution in [1.29, 1.82) is 0 Å². The van der Waals surface area contributed by atoms with Gasteiger partial charge in [0.05, 0.1) is 0 Å². The maximum absolute atomic E-state index is 9.55. The third-order valence-corrected chi connectivity index (χ3v) is 4.30. The van der Waals surface area contributed by atoms with Crippen LogP contribution in [0.2, 0.25) is 0 Å². The summed E-state index contributed by atoms with van der Waals surface area (Å²) in [5.74, 6) is -2.51. The predicted molar refractivity (Wildman–Crippen MR) is 103 cm³/mol. The molecule has 138 valence electrons. The highest BCUT2D eigenvalue weighted by Gasteiger charge is 2.16. The van der Waals surface area contributed by atoms with Crippen molar-refractivity contribution in [1.82, 2.24) is 4.90 Å². The van der Waals surface area contributed by atoms with Crippen LogP contribution in [-0.4, -0.2) is 59.8 Å². The Hall–Kier alpha value is -2.86. The highest BCUT2D eigenvalue weighted by molar-refractivity contribution is 5.94. The number of benzene rings is 2. The van der Waals surface area contributed by atoms with E-state index < -0.39 is 11.9 Å². The van der Waals surface area contributed by atoms with Crippen molar-refractivity contribution in [2.24, 2.45) is 0 Å². The monoisotopic (exact) mass is 356 g/mol. The summed E-state index contributed by atoms with van der Waals surface area (Å²) in [4.78, 5) is 24.1. The number of carboxylic acids is 2. The standard InChI is InChI=1S/C16H20N2.C4H4O4/c1-2-17-10-12-18(13-11-17)16-9-5-7-14-6-3-4-8-15(14)16;5-3(6)1-2-4(7)8/h3-9H,2,10-13H2,1H3;1-2H,(H,5,6)(H,7,8)/b;2-1+. The molecule has 0 unspecified atom stereocenters. The Morgan fingerprint density at radius 3 is 2.08 bits per heavy atom. The smallest absolute Gasteiger partial charge is 0.328 e. The van der Waals surface area contributed by atoms with Crippen LogP contribution in [0.1, 0.15) is 6.92 Å². The number of carbonyl (C=O) groups is 2. The van der Waals surface area contributed by atoms with Gasteiger partial charge in [0.15, 0.2) is 0 Å². The summed E-state index contributed by atoms with van der Waals surface area (Å²) in [6.45, 7) is 8.06. The fraction of sp³-hybridized carbons (Fsp3) is 0.300. The number of nitrogens with zero attached hydrogens (tertiary/aromatic N) is 2. The third kappa shape index (κ3) is 5.60. The molecule has 1 saturated heterocycles. The minimum absolute atomic E-state index is 0.558. The van der Waals surface area contributed by atoms with Crippen molar-refractivity contribution < 1.29 is 19.8 Å². The fourth-order valence-electron chi connectivity index (χ4n) is 2.93. The van der Waals surface area contributed by atoms with E-state index >= 15 is 0 Å². The molecular formula is C20H24N2O4. The molecule has 1 fully saturated rings. The van der Waals surface area contributed by atoms with Gasteiger partial charge in [-0.3, -0.25) is 0 Å². The van der Waals surface area contributed by atoms with Crippen LogP contribution in [0.3, 0.4) is 0 Å². The number of likely N-dealkylation sites (N-methyl/N-ethyl adjacent to an activating group) is 1. The van der Waals surface area contributed by atoms with Crippen LogP contribution in [0, 0.1) is 0 Å². The maximum atomic E-state index is 9.55. The van der Waals surface area contributed by atoms with E-state index in [1.165, 1.54) is 36.1 Å². The van der Waals surface area contributed by atoms with Crippen molar-refractivity contribution in [3.8, 4) is 0 Å². The Balaban J connectivity index is 0.000000260. The molecule has 0 bridgehead atoms. The first-order valence-corrected chi connectivity index (χ1v) is 8.60. The average Bonchev–Trinajstić information content (AvgIpc) is 2.66. The SMILES string of the molecule is CCN1CCN(c2cccc3ccccc23)CC1.O=C(O)/C=C/C(=O)O. The highest BCUT2D eigenvalue weighted by Crippen LogP contribution is 2.27.